The molecule has 0 saturated carbocycles. The van der Waals surface area contributed by atoms with Crippen LogP contribution in [0.25, 0.3) is 21.8 Å². The number of morpholine rings is 1. The van der Waals surface area contributed by atoms with Crippen molar-refractivity contribution < 1.29 is 14.3 Å². The quantitative estimate of drug-likeness (QED) is 0.158. The molecule has 0 radical (unpaired) electrons. The fraction of sp³-hybridized carbons (Fsp3) is 0.387. The summed E-state index contributed by atoms with van der Waals surface area (Å²) in [5.41, 5.74) is 6.15. The summed E-state index contributed by atoms with van der Waals surface area (Å²) in [6.07, 6.45) is 6.03. The topological polar surface area (TPSA) is 64.5 Å². The summed E-state index contributed by atoms with van der Waals surface area (Å²) in [7, 11) is 1.46. The fourth-order valence-corrected chi connectivity index (χ4v) is 5.31. The van der Waals surface area contributed by atoms with Gasteiger partial charge in [-0.15, -0.1) is 0 Å². The minimum atomic E-state index is -0.337. The van der Waals surface area contributed by atoms with E-state index in [1.807, 2.05) is 42.5 Å². The Hall–Kier alpha value is -3.51. The Labute approximate surface area is 218 Å². The van der Waals surface area contributed by atoms with Crippen LogP contribution in [0.1, 0.15) is 59.9 Å². The summed E-state index contributed by atoms with van der Waals surface area (Å²) in [5, 5.41) is 1.78. The van der Waals surface area contributed by atoms with E-state index in [2.05, 4.69) is 24.0 Å². The number of aryl methyl sites for hydroxylation is 1. The standard InChI is InChI=1S/C31H35N3O3/c1-3-4-5-9-16-25-29-27(23-14-10-11-15-24(23)32-25)28(31(35)36-2)30(34-17-19-37-20-18-34)26(33-29)21-22-12-7-6-8-13-22/h6-8,10-15H,3-5,9,16-21H2,1-2H3. The molecule has 1 aliphatic rings. The van der Waals surface area contributed by atoms with E-state index in [0.717, 1.165) is 63.7 Å². The number of esters is 1. The van der Waals surface area contributed by atoms with Crippen LogP contribution < -0.4 is 4.90 Å². The van der Waals surface area contributed by atoms with Crippen LogP contribution in [0.5, 0.6) is 0 Å². The molecule has 0 bridgehead atoms. The fourth-order valence-electron chi connectivity index (χ4n) is 5.31. The molecule has 1 fully saturated rings. The number of rotatable bonds is 9. The minimum Gasteiger partial charge on any atom is -0.465 e. The summed E-state index contributed by atoms with van der Waals surface area (Å²) < 4.78 is 11.1. The van der Waals surface area contributed by atoms with Gasteiger partial charge in [0.1, 0.15) is 0 Å². The molecule has 2 aromatic heterocycles. The third-order valence-electron chi connectivity index (χ3n) is 7.14. The van der Waals surface area contributed by atoms with Crippen molar-refractivity contribution in [2.75, 3.05) is 38.3 Å². The number of para-hydroxylation sites is 1. The molecule has 37 heavy (non-hydrogen) atoms. The number of benzene rings is 2. The highest BCUT2D eigenvalue weighted by atomic mass is 16.5. The van der Waals surface area contributed by atoms with Crippen molar-refractivity contribution in [2.24, 2.45) is 0 Å². The van der Waals surface area contributed by atoms with Crippen LogP contribution in [0.4, 0.5) is 5.69 Å². The molecular formula is C31H35N3O3. The van der Waals surface area contributed by atoms with E-state index in [9.17, 15) is 4.79 Å². The van der Waals surface area contributed by atoms with E-state index in [-0.39, 0.29) is 5.97 Å². The monoisotopic (exact) mass is 497 g/mol. The van der Waals surface area contributed by atoms with Crippen LogP contribution in [-0.4, -0.2) is 49.4 Å². The van der Waals surface area contributed by atoms with Crippen LogP contribution in [0.3, 0.4) is 0 Å². The Morgan fingerprint density at radius 2 is 1.70 bits per heavy atom. The number of carbonyl (C=O) groups is 1. The maximum Gasteiger partial charge on any atom is 0.340 e. The number of anilines is 1. The zero-order chi connectivity index (χ0) is 25.6. The molecule has 192 valence electrons. The number of unbranched alkanes of at least 4 members (excludes halogenated alkanes) is 3. The maximum atomic E-state index is 13.6. The van der Waals surface area contributed by atoms with Crippen LogP contribution in [0.2, 0.25) is 0 Å². The van der Waals surface area contributed by atoms with Crippen LogP contribution in [0, 0.1) is 0 Å². The summed E-state index contributed by atoms with van der Waals surface area (Å²) >= 11 is 0. The molecule has 0 spiro atoms. The van der Waals surface area contributed by atoms with Crippen molar-refractivity contribution in [3.63, 3.8) is 0 Å². The highest BCUT2D eigenvalue weighted by Crippen LogP contribution is 2.38. The average Bonchev–Trinajstić information content (AvgIpc) is 2.95. The van der Waals surface area contributed by atoms with Gasteiger partial charge in [-0.3, -0.25) is 4.98 Å². The lowest BCUT2D eigenvalue weighted by Gasteiger charge is -2.32. The lowest BCUT2D eigenvalue weighted by atomic mass is 9.95. The van der Waals surface area contributed by atoms with Gasteiger partial charge in [-0.2, -0.15) is 0 Å². The predicted molar refractivity (Wildman–Crippen MR) is 149 cm³/mol. The molecule has 0 atom stereocenters. The second kappa shape index (κ2) is 11.7. The molecule has 0 unspecified atom stereocenters. The molecule has 1 aliphatic heterocycles. The predicted octanol–water partition coefficient (Wildman–Crippen LogP) is 6.12. The van der Waals surface area contributed by atoms with Crippen molar-refractivity contribution in [3.05, 3.63) is 77.1 Å². The zero-order valence-corrected chi connectivity index (χ0v) is 21.8. The third-order valence-corrected chi connectivity index (χ3v) is 7.14. The molecule has 1 saturated heterocycles. The van der Waals surface area contributed by atoms with Crippen molar-refractivity contribution in [1.29, 1.82) is 0 Å². The number of fused-ring (bicyclic) bond motifs is 3. The molecule has 5 rings (SSSR count). The molecule has 4 aromatic rings. The van der Waals surface area contributed by atoms with Gasteiger partial charge in [-0.25, -0.2) is 9.78 Å². The van der Waals surface area contributed by atoms with Gasteiger partial charge >= 0.3 is 5.97 Å². The van der Waals surface area contributed by atoms with E-state index >= 15 is 0 Å². The van der Waals surface area contributed by atoms with E-state index in [4.69, 9.17) is 19.4 Å². The van der Waals surface area contributed by atoms with E-state index in [1.54, 1.807) is 0 Å². The summed E-state index contributed by atoms with van der Waals surface area (Å²) in [6.45, 7) is 4.85. The first-order valence-corrected chi connectivity index (χ1v) is 13.4. The van der Waals surface area contributed by atoms with Gasteiger partial charge in [0, 0.05) is 30.3 Å². The number of nitrogens with zero attached hydrogens (tertiary/aromatic N) is 3. The number of methoxy groups -OCH3 is 1. The summed E-state index contributed by atoms with van der Waals surface area (Å²) in [4.78, 5) is 26.3. The van der Waals surface area contributed by atoms with Crippen LogP contribution in [-0.2, 0) is 22.3 Å². The Bertz CT molecular complexity index is 1380. The molecule has 3 heterocycles. The largest absolute Gasteiger partial charge is 0.465 e. The Morgan fingerprint density at radius 1 is 0.946 bits per heavy atom. The Balaban J connectivity index is 1.81. The normalized spacial score (nSPS) is 13.8. The number of ether oxygens (including phenoxy) is 2. The van der Waals surface area contributed by atoms with Crippen molar-refractivity contribution in [1.82, 2.24) is 9.97 Å². The van der Waals surface area contributed by atoms with Gasteiger partial charge < -0.3 is 14.4 Å². The van der Waals surface area contributed by atoms with Crippen LogP contribution in [0.15, 0.2) is 54.6 Å². The van der Waals surface area contributed by atoms with Crippen molar-refractivity contribution in [3.8, 4) is 0 Å². The number of hydrogen-bond donors (Lipinski definition) is 0. The lowest BCUT2D eigenvalue weighted by Crippen LogP contribution is -2.38. The average molecular weight is 498 g/mol. The van der Waals surface area contributed by atoms with Crippen LogP contribution >= 0.6 is 0 Å². The second-order valence-corrected chi connectivity index (χ2v) is 9.65. The summed E-state index contributed by atoms with van der Waals surface area (Å²) in [6, 6.07) is 18.4. The molecule has 6 nitrogen and oxygen atoms in total. The first-order valence-electron chi connectivity index (χ1n) is 13.4. The molecule has 0 amide bonds. The van der Waals surface area contributed by atoms with Gasteiger partial charge in [0.2, 0.25) is 0 Å². The third kappa shape index (κ3) is 5.30. The van der Waals surface area contributed by atoms with Crippen molar-refractivity contribution >= 4 is 33.5 Å². The smallest absolute Gasteiger partial charge is 0.340 e. The van der Waals surface area contributed by atoms with Crippen molar-refractivity contribution in [2.45, 2.75) is 45.4 Å². The number of carbonyl (C=O) groups excluding carboxylic acids is 1. The van der Waals surface area contributed by atoms with E-state index in [0.29, 0.717) is 38.3 Å². The highest BCUT2D eigenvalue weighted by Gasteiger charge is 2.29. The SMILES string of the molecule is CCCCCCc1nc2ccccc2c2c(C(=O)OC)c(N3CCOCC3)c(Cc3ccccc3)nc12. The zero-order valence-electron chi connectivity index (χ0n) is 21.8. The molecule has 2 aromatic carbocycles. The van der Waals surface area contributed by atoms with Gasteiger partial charge in [-0.1, -0.05) is 74.7 Å². The maximum absolute atomic E-state index is 13.6. The summed E-state index contributed by atoms with van der Waals surface area (Å²) in [5.74, 6) is -0.337. The van der Waals surface area contributed by atoms with E-state index in [1.165, 1.54) is 20.0 Å². The van der Waals surface area contributed by atoms with E-state index < -0.39 is 0 Å². The Kier molecular flexibility index (Phi) is 7.95. The highest BCUT2D eigenvalue weighted by molar-refractivity contribution is 6.18. The molecule has 6 heteroatoms. The Morgan fingerprint density at radius 3 is 2.46 bits per heavy atom. The number of aromatic nitrogens is 2. The molecule has 0 N–H and O–H groups in total. The van der Waals surface area contributed by atoms with Gasteiger partial charge in [0.15, 0.2) is 0 Å². The van der Waals surface area contributed by atoms with Gasteiger partial charge in [0.25, 0.3) is 0 Å². The minimum absolute atomic E-state index is 0.337. The first kappa shape index (κ1) is 25.2. The lowest BCUT2D eigenvalue weighted by molar-refractivity contribution is 0.0602. The molecular weight excluding hydrogens is 462 g/mol. The van der Waals surface area contributed by atoms with Gasteiger partial charge in [0.05, 0.1) is 54.0 Å². The second-order valence-electron chi connectivity index (χ2n) is 9.65. The number of pyridine rings is 2. The number of hydrogen-bond acceptors (Lipinski definition) is 6. The molecule has 0 aliphatic carbocycles. The first-order chi connectivity index (χ1) is 18.2. The van der Waals surface area contributed by atoms with Gasteiger partial charge in [-0.05, 0) is 24.5 Å².